The van der Waals surface area contributed by atoms with Crippen LogP contribution >= 0.6 is 22.0 Å². The molecule has 6 nitrogen and oxygen atoms in total. The molecular formula is C13H10ClNO5S2. The molecule has 1 aliphatic heterocycles. The molecule has 0 fully saturated rings. The fraction of sp³-hybridized carbons (Fsp3) is 0.154. The summed E-state index contributed by atoms with van der Waals surface area (Å²) in [5, 5.41) is 4.16. The summed E-state index contributed by atoms with van der Waals surface area (Å²) in [6.07, 6.45) is 0. The third-order valence-corrected chi connectivity index (χ3v) is 5.47. The van der Waals surface area contributed by atoms with E-state index in [9.17, 15) is 13.2 Å². The number of ether oxygens (including phenoxy) is 2. The number of amides is 1. The summed E-state index contributed by atoms with van der Waals surface area (Å²) in [5.41, 5.74) is 1.28. The summed E-state index contributed by atoms with van der Waals surface area (Å²) >= 11 is 1.00. The van der Waals surface area contributed by atoms with Gasteiger partial charge in [0.2, 0.25) is 6.79 Å². The highest BCUT2D eigenvalue weighted by atomic mass is 35.7. The molecule has 2 aromatic rings. The van der Waals surface area contributed by atoms with Crippen molar-refractivity contribution in [2.45, 2.75) is 11.8 Å². The highest BCUT2D eigenvalue weighted by molar-refractivity contribution is 8.13. The van der Waals surface area contributed by atoms with Gasteiger partial charge >= 0.3 is 0 Å². The maximum Gasteiger partial charge on any atom is 0.267 e. The van der Waals surface area contributed by atoms with E-state index in [4.69, 9.17) is 20.2 Å². The molecule has 0 spiro atoms. The Morgan fingerprint density at radius 1 is 1.32 bits per heavy atom. The van der Waals surface area contributed by atoms with Crippen LogP contribution in [0.2, 0.25) is 0 Å². The first-order chi connectivity index (χ1) is 10.4. The van der Waals surface area contributed by atoms with Crippen molar-refractivity contribution in [3.63, 3.8) is 0 Å². The molecule has 0 radical (unpaired) electrons. The number of rotatable bonds is 3. The zero-order valence-corrected chi connectivity index (χ0v) is 13.6. The third-order valence-electron chi connectivity index (χ3n) is 3.07. The Balaban J connectivity index is 1.91. The van der Waals surface area contributed by atoms with Crippen molar-refractivity contribution >= 4 is 42.7 Å². The predicted molar refractivity (Wildman–Crippen MR) is 82.6 cm³/mol. The molecule has 0 saturated heterocycles. The Kier molecular flexibility index (Phi) is 3.75. The SMILES string of the molecule is Cc1cc2c(cc1NC(=O)c1sccc1S(=O)(=O)Cl)OCO2. The van der Waals surface area contributed by atoms with Gasteiger partial charge in [0.25, 0.3) is 15.0 Å². The Hall–Kier alpha value is -1.77. The van der Waals surface area contributed by atoms with Crippen LogP contribution in [-0.2, 0) is 9.05 Å². The molecule has 0 unspecified atom stereocenters. The Bertz CT molecular complexity index is 859. The van der Waals surface area contributed by atoms with Gasteiger partial charge in [0, 0.05) is 22.4 Å². The largest absolute Gasteiger partial charge is 0.454 e. The first-order valence-corrected chi connectivity index (χ1v) is 9.29. The summed E-state index contributed by atoms with van der Waals surface area (Å²) in [7, 11) is 1.35. The number of hydrogen-bond donors (Lipinski definition) is 1. The second-order valence-electron chi connectivity index (χ2n) is 4.53. The maximum absolute atomic E-state index is 12.3. The number of nitrogens with one attached hydrogen (secondary N) is 1. The molecule has 0 aliphatic carbocycles. The topological polar surface area (TPSA) is 81.7 Å². The standard InChI is InChI=1S/C13H10ClNO5S2/c1-7-4-9-10(20-6-19-9)5-8(7)15-13(16)12-11(2-3-21-12)22(14,17)18/h2-5H,6H2,1H3,(H,15,16). The van der Waals surface area contributed by atoms with E-state index < -0.39 is 15.0 Å². The van der Waals surface area contributed by atoms with Crippen LogP contribution < -0.4 is 14.8 Å². The zero-order valence-electron chi connectivity index (χ0n) is 11.3. The average Bonchev–Trinajstić information content (AvgIpc) is 3.05. The average molecular weight is 360 g/mol. The quantitative estimate of drug-likeness (QED) is 0.852. The minimum atomic E-state index is -3.97. The molecule has 0 bridgehead atoms. The molecule has 22 heavy (non-hydrogen) atoms. The number of anilines is 1. The van der Waals surface area contributed by atoms with Gasteiger partial charge in [-0.25, -0.2) is 8.42 Å². The van der Waals surface area contributed by atoms with Crippen molar-refractivity contribution in [2.75, 3.05) is 12.1 Å². The van der Waals surface area contributed by atoms with E-state index in [-0.39, 0.29) is 16.6 Å². The third kappa shape index (κ3) is 2.77. The van der Waals surface area contributed by atoms with E-state index in [2.05, 4.69) is 5.32 Å². The van der Waals surface area contributed by atoms with Crippen LogP contribution in [0.25, 0.3) is 0 Å². The molecule has 9 heteroatoms. The van der Waals surface area contributed by atoms with Gasteiger partial charge in [-0.3, -0.25) is 4.79 Å². The van der Waals surface area contributed by atoms with Gasteiger partial charge in [-0.15, -0.1) is 11.3 Å². The molecule has 1 aromatic carbocycles. The molecule has 1 aliphatic rings. The normalized spacial score (nSPS) is 13.2. The van der Waals surface area contributed by atoms with Crippen LogP contribution in [0.5, 0.6) is 11.5 Å². The van der Waals surface area contributed by atoms with Gasteiger partial charge in [0.15, 0.2) is 11.5 Å². The molecule has 0 saturated carbocycles. The number of hydrogen-bond acceptors (Lipinski definition) is 6. The van der Waals surface area contributed by atoms with Gasteiger partial charge in [0.1, 0.15) is 9.77 Å². The molecule has 3 rings (SSSR count). The van der Waals surface area contributed by atoms with Crippen molar-refractivity contribution in [2.24, 2.45) is 0 Å². The maximum atomic E-state index is 12.3. The number of fused-ring (bicyclic) bond motifs is 1. The van der Waals surface area contributed by atoms with Gasteiger partial charge in [-0.05, 0) is 30.0 Å². The van der Waals surface area contributed by atoms with E-state index >= 15 is 0 Å². The van der Waals surface area contributed by atoms with Gasteiger partial charge in [-0.1, -0.05) is 0 Å². The summed E-state index contributed by atoms with van der Waals surface area (Å²) in [5.74, 6) is 0.587. The summed E-state index contributed by atoms with van der Waals surface area (Å²) in [4.78, 5) is 12.1. The highest BCUT2D eigenvalue weighted by Crippen LogP contribution is 2.37. The van der Waals surface area contributed by atoms with Crippen LogP contribution in [0.3, 0.4) is 0 Å². The minimum Gasteiger partial charge on any atom is -0.454 e. The van der Waals surface area contributed by atoms with E-state index in [0.29, 0.717) is 17.2 Å². The number of carbonyl (C=O) groups excluding carboxylic acids is 1. The monoisotopic (exact) mass is 359 g/mol. The molecule has 1 amide bonds. The van der Waals surface area contributed by atoms with Crippen LogP contribution in [0.15, 0.2) is 28.5 Å². The number of carbonyl (C=O) groups is 1. The summed E-state index contributed by atoms with van der Waals surface area (Å²) in [6.45, 7) is 1.93. The highest BCUT2D eigenvalue weighted by Gasteiger charge is 2.23. The molecule has 2 heterocycles. The molecule has 116 valence electrons. The number of benzene rings is 1. The number of halogens is 1. The van der Waals surface area contributed by atoms with Crippen LogP contribution in [0.4, 0.5) is 5.69 Å². The fourth-order valence-electron chi connectivity index (χ4n) is 2.01. The lowest BCUT2D eigenvalue weighted by Crippen LogP contribution is -2.13. The lowest BCUT2D eigenvalue weighted by molar-refractivity contribution is 0.102. The molecular weight excluding hydrogens is 350 g/mol. The van der Waals surface area contributed by atoms with E-state index in [1.54, 1.807) is 19.1 Å². The number of thiophene rings is 1. The van der Waals surface area contributed by atoms with Crippen LogP contribution in [0.1, 0.15) is 15.2 Å². The van der Waals surface area contributed by atoms with Crippen molar-refractivity contribution in [3.8, 4) is 11.5 Å². The van der Waals surface area contributed by atoms with E-state index in [1.807, 2.05) is 0 Å². The number of aryl methyl sites for hydroxylation is 1. The molecule has 0 atom stereocenters. The summed E-state index contributed by atoms with van der Waals surface area (Å²) < 4.78 is 33.4. The summed E-state index contributed by atoms with van der Waals surface area (Å²) in [6, 6.07) is 4.68. The minimum absolute atomic E-state index is 0.0343. The van der Waals surface area contributed by atoms with Crippen molar-refractivity contribution in [1.29, 1.82) is 0 Å². The lowest BCUT2D eigenvalue weighted by atomic mass is 10.1. The fourth-order valence-corrected chi connectivity index (χ4v) is 4.32. The zero-order chi connectivity index (χ0) is 15.9. The Morgan fingerprint density at radius 2 is 2.00 bits per heavy atom. The van der Waals surface area contributed by atoms with Crippen LogP contribution in [0, 0.1) is 6.92 Å². The Morgan fingerprint density at radius 3 is 2.68 bits per heavy atom. The van der Waals surface area contributed by atoms with E-state index in [1.165, 1.54) is 11.4 Å². The first-order valence-electron chi connectivity index (χ1n) is 6.10. The van der Waals surface area contributed by atoms with Gasteiger partial charge in [-0.2, -0.15) is 0 Å². The van der Waals surface area contributed by atoms with Crippen molar-refractivity contribution in [1.82, 2.24) is 0 Å². The first kappa shape index (κ1) is 15.1. The molecule has 1 N–H and O–H groups in total. The second-order valence-corrected chi connectivity index (χ2v) is 7.98. The van der Waals surface area contributed by atoms with Crippen molar-refractivity contribution in [3.05, 3.63) is 34.0 Å². The van der Waals surface area contributed by atoms with Crippen LogP contribution in [-0.4, -0.2) is 21.1 Å². The predicted octanol–water partition coefficient (Wildman–Crippen LogP) is 2.97. The van der Waals surface area contributed by atoms with Crippen molar-refractivity contribution < 1.29 is 22.7 Å². The smallest absolute Gasteiger partial charge is 0.267 e. The lowest BCUT2D eigenvalue weighted by Gasteiger charge is -2.09. The Labute approximate surface area is 135 Å². The second kappa shape index (κ2) is 5.45. The van der Waals surface area contributed by atoms with Gasteiger partial charge < -0.3 is 14.8 Å². The molecule has 1 aromatic heterocycles. The van der Waals surface area contributed by atoms with Gasteiger partial charge in [0.05, 0.1) is 0 Å². The van der Waals surface area contributed by atoms with E-state index in [0.717, 1.165) is 16.9 Å².